The largest absolute Gasteiger partial charge is 0.355 e. The second-order valence-corrected chi connectivity index (χ2v) is 9.75. The first-order valence-corrected chi connectivity index (χ1v) is 11.4. The van der Waals surface area contributed by atoms with Crippen molar-refractivity contribution in [2.24, 2.45) is 11.8 Å². The van der Waals surface area contributed by atoms with Crippen LogP contribution in [-0.2, 0) is 16.4 Å². The minimum atomic E-state index is -3.55. The third-order valence-electron chi connectivity index (χ3n) is 6.03. The van der Waals surface area contributed by atoms with Crippen LogP contribution in [0.25, 0.3) is 5.65 Å². The molecule has 2 aromatic heterocycles. The third kappa shape index (κ3) is 3.02. The van der Waals surface area contributed by atoms with Crippen LogP contribution in [-0.4, -0.2) is 58.7 Å². The van der Waals surface area contributed by atoms with Crippen LogP contribution >= 0.6 is 0 Å². The van der Waals surface area contributed by atoms with Crippen LogP contribution in [0.1, 0.15) is 18.3 Å². The van der Waals surface area contributed by atoms with Gasteiger partial charge in [0.2, 0.25) is 10.0 Å². The molecule has 2 atom stereocenters. The van der Waals surface area contributed by atoms with E-state index in [4.69, 9.17) is 10.4 Å². The quantitative estimate of drug-likeness (QED) is 0.623. The van der Waals surface area contributed by atoms with E-state index in [1.165, 1.54) is 12.1 Å². The topological polar surface area (TPSA) is 107 Å². The first-order valence-electron chi connectivity index (χ1n) is 9.96. The molecule has 9 nitrogen and oxygen atoms in total. The van der Waals surface area contributed by atoms with E-state index in [9.17, 15) is 8.42 Å². The summed E-state index contributed by atoms with van der Waals surface area (Å²) in [5.41, 5.74) is 1.18. The zero-order valence-corrected chi connectivity index (χ0v) is 17.3. The zero-order chi connectivity index (χ0) is 20.9. The van der Waals surface area contributed by atoms with E-state index in [1.807, 2.05) is 25.1 Å². The Morgan fingerprint density at radius 2 is 1.73 bits per heavy atom. The summed E-state index contributed by atoms with van der Waals surface area (Å²) >= 11 is 0. The van der Waals surface area contributed by atoms with Crippen LogP contribution in [0.4, 0.5) is 5.82 Å². The van der Waals surface area contributed by atoms with Gasteiger partial charge in [-0.3, -0.25) is 0 Å². The van der Waals surface area contributed by atoms with Gasteiger partial charge in [-0.15, -0.1) is 15.3 Å². The number of hydrogen-bond acceptors (Lipinski definition) is 7. The van der Waals surface area contributed by atoms with Crippen LogP contribution in [0.3, 0.4) is 0 Å². The van der Waals surface area contributed by atoms with Crippen molar-refractivity contribution in [2.45, 2.75) is 18.2 Å². The van der Waals surface area contributed by atoms with Crippen LogP contribution < -0.4 is 4.90 Å². The fraction of sp³-hybridized carbons (Fsp3) is 0.400. The van der Waals surface area contributed by atoms with Crippen molar-refractivity contribution in [3.8, 4) is 6.07 Å². The van der Waals surface area contributed by atoms with Crippen LogP contribution in [0.15, 0.2) is 41.3 Å². The van der Waals surface area contributed by atoms with Gasteiger partial charge in [0.05, 0.1) is 16.5 Å². The van der Waals surface area contributed by atoms with Gasteiger partial charge < -0.3 is 4.90 Å². The minimum Gasteiger partial charge on any atom is -0.355 e. The molecule has 3 aromatic rings. The SMILES string of the molecule is CCc1nnc2ccc(N3CC4CN(S(=O)(=O)c5ccc(C#N)cc5)CC4C3)nn12. The lowest BCUT2D eigenvalue weighted by Gasteiger charge is -2.22. The maximum absolute atomic E-state index is 13.0. The minimum absolute atomic E-state index is 0.241. The fourth-order valence-electron chi connectivity index (χ4n) is 4.40. The molecule has 2 aliphatic heterocycles. The molecule has 4 heterocycles. The molecule has 0 bridgehead atoms. The van der Waals surface area contributed by atoms with Gasteiger partial charge in [0.15, 0.2) is 11.5 Å². The monoisotopic (exact) mass is 423 g/mol. The molecule has 2 aliphatic rings. The van der Waals surface area contributed by atoms with Gasteiger partial charge in [0.1, 0.15) is 5.82 Å². The van der Waals surface area contributed by atoms with Crippen molar-refractivity contribution >= 4 is 21.5 Å². The van der Waals surface area contributed by atoms with Crippen LogP contribution in [0.5, 0.6) is 0 Å². The van der Waals surface area contributed by atoms with Gasteiger partial charge in [-0.25, -0.2) is 8.42 Å². The lowest BCUT2D eigenvalue weighted by molar-refractivity contribution is 0.453. The van der Waals surface area contributed by atoms with E-state index in [-0.39, 0.29) is 16.7 Å². The van der Waals surface area contributed by atoms with Gasteiger partial charge in [0, 0.05) is 32.6 Å². The van der Waals surface area contributed by atoms with Gasteiger partial charge in [-0.2, -0.15) is 14.1 Å². The van der Waals surface area contributed by atoms with Gasteiger partial charge in [-0.1, -0.05) is 6.92 Å². The Hall–Kier alpha value is -3.03. The van der Waals surface area contributed by atoms with Crippen molar-refractivity contribution < 1.29 is 8.42 Å². The first-order chi connectivity index (χ1) is 14.5. The summed E-state index contributed by atoms with van der Waals surface area (Å²) in [5, 5.41) is 21.9. The molecule has 154 valence electrons. The van der Waals surface area contributed by atoms with Gasteiger partial charge >= 0.3 is 0 Å². The highest BCUT2D eigenvalue weighted by atomic mass is 32.2. The number of anilines is 1. The third-order valence-corrected chi connectivity index (χ3v) is 7.87. The predicted molar refractivity (Wildman–Crippen MR) is 109 cm³/mol. The molecule has 0 radical (unpaired) electrons. The van der Waals surface area contributed by atoms with Crippen molar-refractivity contribution in [1.82, 2.24) is 24.1 Å². The van der Waals surface area contributed by atoms with E-state index in [0.717, 1.165) is 36.8 Å². The van der Waals surface area contributed by atoms with Gasteiger partial charge in [0.25, 0.3) is 0 Å². The fourth-order valence-corrected chi connectivity index (χ4v) is 5.95. The van der Waals surface area contributed by atoms with E-state index >= 15 is 0 Å². The average molecular weight is 424 g/mol. The summed E-state index contributed by atoms with van der Waals surface area (Å²) in [6.07, 6.45) is 0.755. The van der Waals surface area contributed by atoms with Crippen LogP contribution in [0.2, 0.25) is 0 Å². The molecule has 2 unspecified atom stereocenters. The Morgan fingerprint density at radius 1 is 1.03 bits per heavy atom. The van der Waals surface area contributed by atoms with Crippen molar-refractivity contribution in [3.05, 3.63) is 47.8 Å². The predicted octanol–water partition coefficient (Wildman–Crippen LogP) is 1.32. The number of nitriles is 1. The molecular formula is C20H21N7O2S. The number of benzene rings is 1. The molecule has 10 heteroatoms. The number of aromatic nitrogens is 4. The highest BCUT2D eigenvalue weighted by Gasteiger charge is 2.44. The number of fused-ring (bicyclic) bond motifs is 2. The molecule has 0 spiro atoms. The Labute approximate surface area is 174 Å². The highest BCUT2D eigenvalue weighted by molar-refractivity contribution is 7.89. The Morgan fingerprint density at radius 3 is 2.37 bits per heavy atom. The Bertz CT molecular complexity index is 1230. The number of aryl methyl sites for hydroxylation is 1. The number of sulfonamides is 1. The van der Waals surface area contributed by atoms with Crippen molar-refractivity contribution in [2.75, 3.05) is 31.1 Å². The zero-order valence-electron chi connectivity index (χ0n) is 16.5. The summed E-state index contributed by atoms with van der Waals surface area (Å²) in [7, 11) is -3.55. The van der Waals surface area contributed by atoms with E-state index in [2.05, 4.69) is 15.1 Å². The second kappa shape index (κ2) is 7.04. The molecule has 1 aromatic carbocycles. The number of nitrogens with zero attached hydrogens (tertiary/aromatic N) is 7. The highest BCUT2D eigenvalue weighted by Crippen LogP contribution is 2.36. The summed E-state index contributed by atoms with van der Waals surface area (Å²) in [6, 6.07) is 12.0. The summed E-state index contributed by atoms with van der Waals surface area (Å²) in [6.45, 7) is 4.56. The molecule has 0 N–H and O–H groups in total. The lowest BCUT2D eigenvalue weighted by atomic mass is 10.0. The maximum atomic E-state index is 13.0. The summed E-state index contributed by atoms with van der Waals surface area (Å²) in [5.74, 6) is 2.23. The molecule has 2 fully saturated rings. The molecule has 2 saturated heterocycles. The van der Waals surface area contributed by atoms with Crippen molar-refractivity contribution in [3.63, 3.8) is 0 Å². The maximum Gasteiger partial charge on any atom is 0.243 e. The second-order valence-electron chi connectivity index (χ2n) is 7.81. The lowest BCUT2D eigenvalue weighted by Crippen LogP contribution is -2.33. The van der Waals surface area contributed by atoms with Gasteiger partial charge in [-0.05, 0) is 48.2 Å². The molecular weight excluding hydrogens is 402 g/mol. The number of rotatable bonds is 4. The smallest absolute Gasteiger partial charge is 0.243 e. The molecule has 5 rings (SSSR count). The summed E-state index contributed by atoms with van der Waals surface area (Å²) < 4.78 is 29.4. The van der Waals surface area contributed by atoms with E-state index < -0.39 is 10.0 Å². The average Bonchev–Trinajstić information content (AvgIpc) is 3.46. The van der Waals surface area contributed by atoms with E-state index in [0.29, 0.717) is 18.7 Å². The first kappa shape index (κ1) is 19.0. The number of hydrogen-bond donors (Lipinski definition) is 0. The molecule has 0 aliphatic carbocycles. The Balaban J connectivity index is 1.32. The Kier molecular flexibility index (Phi) is 4.45. The van der Waals surface area contributed by atoms with E-state index in [1.54, 1.807) is 21.0 Å². The molecule has 0 amide bonds. The normalized spacial score (nSPS) is 21.8. The standard InChI is InChI=1S/C20H21N7O2S/c1-2-18-22-23-19-7-8-20(24-27(18)19)25-10-15-12-26(13-16(15)11-25)30(28,29)17-5-3-14(9-21)4-6-17/h3-8,15-16H,2,10-13H2,1H3. The van der Waals surface area contributed by atoms with Crippen LogP contribution in [0, 0.1) is 23.2 Å². The summed E-state index contributed by atoms with van der Waals surface area (Å²) in [4.78, 5) is 2.46. The molecule has 0 saturated carbocycles. The van der Waals surface area contributed by atoms with Crippen molar-refractivity contribution in [1.29, 1.82) is 5.26 Å². The molecule has 30 heavy (non-hydrogen) atoms.